The largest absolute Gasteiger partial charge is 0.309 e. The van der Waals surface area contributed by atoms with E-state index in [2.05, 4.69) is 193 Å². The van der Waals surface area contributed by atoms with Crippen LogP contribution in [0.5, 0.6) is 0 Å². The first kappa shape index (κ1) is 31.4. The predicted molar refractivity (Wildman–Crippen MR) is 227 cm³/mol. The molecule has 8 aromatic carbocycles. The third-order valence-corrected chi connectivity index (χ3v) is 13.0. The molecule has 3 unspecified atom stereocenters. The van der Waals surface area contributed by atoms with Crippen molar-refractivity contribution in [2.45, 2.75) is 31.1 Å². The van der Waals surface area contributed by atoms with Crippen molar-refractivity contribution in [2.24, 2.45) is 11.8 Å². The van der Waals surface area contributed by atoms with Crippen LogP contribution >= 0.6 is 0 Å². The molecule has 0 aromatic heterocycles. The standard InChI is InChI=1S/C53H41N/c1-3-14-37(15-4-1)42-32-33-51(46-20-8-7-19-45(42)46)54(50-25-12-10-18-43(50)38-16-5-2-6-17-38)41-30-27-39(28-31-41)44-22-13-24-49-52(44)47-21-9-11-23-48(47)53(49)35-36-26-29-40(53)34-36/h1-25,27-28,30-33,36,40H,26,29,34-35H2. The van der Waals surface area contributed by atoms with Crippen LogP contribution in [0.2, 0.25) is 0 Å². The summed E-state index contributed by atoms with van der Waals surface area (Å²) in [7, 11) is 0. The van der Waals surface area contributed by atoms with Gasteiger partial charge < -0.3 is 4.90 Å². The highest BCUT2D eigenvalue weighted by Crippen LogP contribution is 2.66. The van der Waals surface area contributed by atoms with Gasteiger partial charge in [0.1, 0.15) is 0 Å². The summed E-state index contributed by atoms with van der Waals surface area (Å²) >= 11 is 0. The van der Waals surface area contributed by atoms with E-state index in [-0.39, 0.29) is 5.41 Å². The van der Waals surface area contributed by atoms with Gasteiger partial charge in [0.05, 0.1) is 11.4 Å². The van der Waals surface area contributed by atoms with E-state index in [1.54, 1.807) is 11.1 Å². The minimum atomic E-state index is 0.176. The first-order valence-corrected chi connectivity index (χ1v) is 19.6. The average Bonchev–Trinajstić information content (AvgIpc) is 3.95. The minimum absolute atomic E-state index is 0.176. The maximum Gasteiger partial charge on any atom is 0.0540 e. The molecule has 1 heteroatoms. The maximum atomic E-state index is 2.47. The molecule has 2 bridgehead atoms. The summed E-state index contributed by atoms with van der Waals surface area (Å²) in [6.45, 7) is 0. The van der Waals surface area contributed by atoms with Crippen molar-refractivity contribution in [2.75, 3.05) is 4.90 Å². The molecule has 0 radical (unpaired) electrons. The predicted octanol–water partition coefficient (Wildman–Crippen LogP) is 14.4. The molecule has 2 saturated carbocycles. The van der Waals surface area contributed by atoms with Crippen molar-refractivity contribution in [1.29, 1.82) is 0 Å². The molecule has 0 amide bonds. The van der Waals surface area contributed by atoms with Crippen molar-refractivity contribution < 1.29 is 0 Å². The zero-order valence-corrected chi connectivity index (χ0v) is 30.3. The van der Waals surface area contributed by atoms with Gasteiger partial charge in [0.25, 0.3) is 0 Å². The first-order valence-electron chi connectivity index (χ1n) is 19.6. The monoisotopic (exact) mass is 691 g/mol. The first-order chi connectivity index (χ1) is 26.8. The van der Waals surface area contributed by atoms with E-state index in [1.165, 1.54) is 81.0 Å². The molecule has 0 saturated heterocycles. The second kappa shape index (κ2) is 12.5. The third-order valence-electron chi connectivity index (χ3n) is 13.0. The normalized spacial score (nSPS) is 19.3. The maximum absolute atomic E-state index is 2.47. The fraction of sp³-hybridized carbons (Fsp3) is 0.132. The van der Waals surface area contributed by atoms with E-state index >= 15 is 0 Å². The average molecular weight is 692 g/mol. The van der Waals surface area contributed by atoms with Gasteiger partial charge in [0, 0.05) is 22.1 Å². The zero-order chi connectivity index (χ0) is 35.6. The number of nitrogens with zero attached hydrogens (tertiary/aromatic N) is 1. The van der Waals surface area contributed by atoms with Gasteiger partial charge in [0.15, 0.2) is 0 Å². The lowest BCUT2D eigenvalue weighted by Crippen LogP contribution is -2.31. The molecule has 3 atom stereocenters. The Labute approximate surface area is 318 Å². The van der Waals surface area contributed by atoms with Crippen molar-refractivity contribution in [1.82, 2.24) is 0 Å². The number of para-hydroxylation sites is 1. The Morgan fingerprint density at radius 1 is 0.407 bits per heavy atom. The second-order valence-electron chi connectivity index (χ2n) is 15.6. The Morgan fingerprint density at radius 2 is 1.02 bits per heavy atom. The zero-order valence-electron chi connectivity index (χ0n) is 30.3. The van der Waals surface area contributed by atoms with E-state index in [0.717, 1.165) is 28.9 Å². The quantitative estimate of drug-likeness (QED) is 0.168. The summed E-state index contributed by atoms with van der Waals surface area (Å²) in [5, 5.41) is 2.47. The highest BCUT2D eigenvalue weighted by Gasteiger charge is 2.56. The fourth-order valence-corrected chi connectivity index (χ4v) is 10.8. The molecule has 2 fully saturated rings. The second-order valence-corrected chi connectivity index (χ2v) is 15.6. The summed E-state index contributed by atoms with van der Waals surface area (Å²) < 4.78 is 0. The highest BCUT2D eigenvalue weighted by atomic mass is 15.1. The topological polar surface area (TPSA) is 3.24 Å². The van der Waals surface area contributed by atoms with Gasteiger partial charge in [0.2, 0.25) is 0 Å². The molecule has 54 heavy (non-hydrogen) atoms. The number of hydrogen-bond donors (Lipinski definition) is 0. The Morgan fingerprint density at radius 3 is 1.76 bits per heavy atom. The Kier molecular flexibility index (Phi) is 7.24. The number of benzene rings is 8. The van der Waals surface area contributed by atoms with Gasteiger partial charge >= 0.3 is 0 Å². The van der Waals surface area contributed by atoms with Gasteiger partial charge in [-0.05, 0) is 111 Å². The molecule has 3 aliphatic carbocycles. The molecule has 0 aliphatic heterocycles. The Hall–Kier alpha value is -6.18. The number of hydrogen-bond acceptors (Lipinski definition) is 1. The summed E-state index contributed by atoms with van der Waals surface area (Å²) in [6.07, 6.45) is 5.45. The number of anilines is 3. The molecular formula is C53H41N. The molecule has 11 rings (SSSR count). The van der Waals surface area contributed by atoms with Crippen LogP contribution < -0.4 is 4.90 Å². The van der Waals surface area contributed by atoms with Crippen LogP contribution in [0.15, 0.2) is 188 Å². The van der Waals surface area contributed by atoms with E-state index in [1.807, 2.05) is 0 Å². The lowest BCUT2D eigenvalue weighted by atomic mass is 9.66. The molecule has 0 N–H and O–H groups in total. The van der Waals surface area contributed by atoms with Crippen LogP contribution in [-0.2, 0) is 5.41 Å². The Balaban J connectivity index is 1.09. The van der Waals surface area contributed by atoms with Crippen LogP contribution in [-0.4, -0.2) is 0 Å². The van der Waals surface area contributed by atoms with Gasteiger partial charge in [-0.1, -0.05) is 170 Å². The fourth-order valence-electron chi connectivity index (χ4n) is 10.8. The van der Waals surface area contributed by atoms with Crippen LogP contribution in [0.3, 0.4) is 0 Å². The van der Waals surface area contributed by atoms with Crippen molar-refractivity contribution in [3.8, 4) is 44.5 Å². The lowest BCUT2D eigenvalue weighted by molar-refractivity contribution is 0.327. The summed E-state index contributed by atoms with van der Waals surface area (Å²) in [5.74, 6) is 1.61. The minimum Gasteiger partial charge on any atom is -0.309 e. The lowest BCUT2D eigenvalue weighted by Gasteiger charge is -2.36. The number of rotatable bonds is 6. The van der Waals surface area contributed by atoms with Crippen LogP contribution in [0, 0.1) is 11.8 Å². The van der Waals surface area contributed by atoms with Gasteiger partial charge in [-0.15, -0.1) is 0 Å². The Bertz CT molecular complexity index is 2670. The van der Waals surface area contributed by atoms with E-state index in [0.29, 0.717) is 0 Å². The van der Waals surface area contributed by atoms with E-state index in [9.17, 15) is 0 Å². The molecule has 0 heterocycles. The highest BCUT2D eigenvalue weighted by molar-refractivity contribution is 6.07. The molecule has 258 valence electrons. The molecule has 8 aromatic rings. The van der Waals surface area contributed by atoms with Gasteiger partial charge in [-0.2, -0.15) is 0 Å². The smallest absolute Gasteiger partial charge is 0.0540 e. The SMILES string of the molecule is c1ccc(-c2ccccc2N(c2ccc(-c3cccc4c3-c3ccccc3C43CC4CCC3C4)cc2)c2ccc(-c3ccccc3)c3ccccc23)cc1. The van der Waals surface area contributed by atoms with Gasteiger partial charge in [-0.3, -0.25) is 0 Å². The third kappa shape index (κ3) is 4.71. The molecule has 1 nitrogen and oxygen atoms in total. The van der Waals surface area contributed by atoms with Crippen LogP contribution in [0.25, 0.3) is 55.3 Å². The van der Waals surface area contributed by atoms with Crippen molar-refractivity contribution in [3.05, 3.63) is 199 Å². The van der Waals surface area contributed by atoms with Gasteiger partial charge in [-0.25, -0.2) is 0 Å². The number of fused-ring (bicyclic) bond motifs is 9. The van der Waals surface area contributed by atoms with Crippen LogP contribution in [0.4, 0.5) is 17.1 Å². The van der Waals surface area contributed by atoms with Crippen molar-refractivity contribution in [3.63, 3.8) is 0 Å². The molecule has 3 aliphatic rings. The van der Waals surface area contributed by atoms with Crippen molar-refractivity contribution >= 4 is 27.8 Å². The summed E-state index contributed by atoms with van der Waals surface area (Å²) in [5.41, 5.74) is 17.2. The summed E-state index contributed by atoms with van der Waals surface area (Å²) in [4.78, 5) is 2.47. The van der Waals surface area contributed by atoms with Crippen LogP contribution in [0.1, 0.15) is 36.8 Å². The molecular weight excluding hydrogens is 651 g/mol. The summed E-state index contributed by atoms with van der Waals surface area (Å²) in [6, 6.07) is 69.7. The molecule has 1 spiro atoms. The van der Waals surface area contributed by atoms with E-state index in [4.69, 9.17) is 0 Å². The van der Waals surface area contributed by atoms with E-state index < -0.39 is 0 Å².